The van der Waals surface area contributed by atoms with E-state index in [1.807, 2.05) is 12.2 Å². The number of nitrogens with one attached hydrogen (secondary N) is 2. The van der Waals surface area contributed by atoms with E-state index in [-0.39, 0.29) is 36.3 Å². The van der Waals surface area contributed by atoms with Crippen LogP contribution < -0.4 is 29.9 Å². The van der Waals surface area contributed by atoms with Crippen molar-refractivity contribution in [3.8, 4) is 11.5 Å². The van der Waals surface area contributed by atoms with E-state index in [0.29, 0.717) is 17.4 Å². The van der Waals surface area contributed by atoms with Gasteiger partial charge in [-0.1, -0.05) is 30.9 Å². The summed E-state index contributed by atoms with van der Waals surface area (Å²) in [6.07, 6.45) is 13.4. The number of benzene rings is 1. The Morgan fingerprint density at radius 3 is 2.36 bits per heavy atom. The van der Waals surface area contributed by atoms with Crippen LogP contribution >= 0.6 is 0 Å². The number of methoxy groups -OCH3 is 2. The zero-order valence-electron chi connectivity index (χ0n) is 23.4. The summed E-state index contributed by atoms with van der Waals surface area (Å²) in [6.45, 7) is 3.25. The molecule has 222 valence electrons. The summed E-state index contributed by atoms with van der Waals surface area (Å²) in [5.74, 6) is -5.07. The third-order valence-electron chi connectivity index (χ3n) is 7.94. The summed E-state index contributed by atoms with van der Waals surface area (Å²) in [4.78, 5) is 36.4. The van der Waals surface area contributed by atoms with Gasteiger partial charge in [0.15, 0.2) is 23.1 Å². The molecule has 2 aliphatic carbocycles. The standard InChI is InChI=1S/C29H31F3N6O4/c1-5-20(39)34-18-11-10-16(15-8-6-7-9-15)12-19(18)35-28-33-13-17-14-38(29(40)37(2)27(17)36-28)24-21(30)25(41-3)23(32)26(42-4)22(24)31/h5-9,13,15-16,18-19H,1,10-12,14H2,2-4H3,(H,34,39)(H,33,35,36)/t16?,18-,19+/m0/s1. The van der Waals surface area contributed by atoms with Crippen LogP contribution in [0.1, 0.15) is 24.8 Å². The Morgan fingerprint density at radius 2 is 1.74 bits per heavy atom. The zero-order chi connectivity index (χ0) is 30.1. The minimum atomic E-state index is -1.39. The van der Waals surface area contributed by atoms with Gasteiger partial charge in [-0.2, -0.15) is 9.37 Å². The second-order valence-corrected chi connectivity index (χ2v) is 10.3. The van der Waals surface area contributed by atoms with Crippen molar-refractivity contribution in [1.29, 1.82) is 0 Å². The Morgan fingerprint density at radius 1 is 1.07 bits per heavy atom. The average Bonchev–Trinajstić information content (AvgIpc) is 3.52. The van der Waals surface area contributed by atoms with Crippen molar-refractivity contribution < 1.29 is 32.2 Å². The number of halogens is 3. The number of carbonyl (C=O) groups excluding carboxylic acids is 2. The third kappa shape index (κ3) is 5.14. The molecule has 0 radical (unpaired) electrons. The van der Waals surface area contributed by atoms with Crippen LogP contribution in [0.5, 0.6) is 11.5 Å². The number of urea groups is 1. The highest BCUT2D eigenvalue weighted by molar-refractivity contribution is 6.05. The van der Waals surface area contributed by atoms with E-state index in [9.17, 15) is 14.0 Å². The fourth-order valence-electron chi connectivity index (χ4n) is 5.81. The lowest BCUT2D eigenvalue weighted by Gasteiger charge is -2.39. The highest BCUT2D eigenvalue weighted by Crippen LogP contribution is 2.43. The molecule has 1 saturated carbocycles. The Balaban J connectivity index is 1.43. The van der Waals surface area contributed by atoms with Gasteiger partial charge in [0.1, 0.15) is 11.5 Å². The average molecular weight is 585 g/mol. The Kier molecular flexibility index (Phi) is 8.10. The van der Waals surface area contributed by atoms with Gasteiger partial charge in [-0.3, -0.25) is 14.6 Å². The van der Waals surface area contributed by atoms with Crippen LogP contribution in [0.3, 0.4) is 0 Å². The van der Waals surface area contributed by atoms with Crippen LogP contribution in [0.4, 0.5) is 35.4 Å². The molecular formula is C29H31F3N6O4. The van der Waals surface area contributed by atoms with Crippen molar-refractivity contribution in [3.63, 3.8) is 0 Å². The lowest BCUT2D eigenvalue weighted by Crippen LogP contribution is -2.51. The van der Waals surface area contributed by atoms with Crippen molar-refractivity contribution in [1.82, 2.24) is 15.3 Å². The van der Waals surface area contributed by atoms with Crippen LogP contribution in [-0.2, 0) is 11.3 Å². The summed E-state index contributed by atoms with van der Waals surface area (Å²) >= 11 is 0. The molecule has 1 fully saturated rings. The molecule has 3 amide bonds. The number of carbonyl (C=O) groups is 2. The molecular weight excluding hydrogens is 553 g/mol. The van der Waals surface area contributed by atoms with E-state index in [1.54, 1.807) is 0 Å². The van der Waals surface area contributed by atoms with Gasteiger partial charge < -0.3 is 20.1 Å². The molecule has 1 unspecified atom stereocenters. The van der Waals surface area contributed by atoms with Crippen LogP contribution in [0.15, 0.2) is 43.2 Å². The topological polar surface area (TPSA) is 109 Å². The van der Waals surface area contributed by atoms with Gasteiger partial charge in [0.05, 0.1) is 20.8 Å². The van der Waals surface area contributed by atoms with E-state index >= 15 is 8.78 Å². The molecule has 1 aromatic heterocycles. The van der Waals surface area contributed by atoms with Gasteiger partial charge in [0.25, 0.3) is 0 Å². The Bertz CT molecular complexity index is 1440. The molecule has 2 heterocycles. The first-order valence-corrected chi connectivity index (χ1v) is 13.4. The first-order chi connectivity index (χ1) is 20.2. The van der Waals surface area contributed by atoms with E-state index in [0.717, 1.165) is 43.3 Å². The first kappa shape index (κ1) is 29.0. The Hall–Kier alpha value is -4.55. The minimum absolute atomic E-state index is 0.204. The van der Waals surface area contributed by atoms with Crippen molar-refractivity contribution in [2.75, 3.05) is 36.4 Å². The Labute approximate surface area is 240 Å². The highest BCUT2D eigenvalue weighted by atomic mass is 19.1. The number of rotatable bonds is 8. The quantitative estimate of drug-likeness (QED) is 0.441. The molecule has 2 N–H and O–H groups in total. The number of ether oxygens (including phenoxy) is 2. The molecule has 5 rings (SSSR count). The second-order valence-electron chi connectivity index (χ2n) is 10.3. The zero-order valence-corrected chi connectivity index (χ0v) is 23.4. The molecule has 0 saturated heterocycles. The van der Waals surface area contributed by atoms with Gasteiger partial charge in [-0.25, -0.2) is 18.6 Å². The molecule has 3 aliphatic rings. The van der Waals surface area contributed by atoms with Gasteiger partial charge in [0.2, 0.25) is 17.7 Å². The monoisotopic (exact) mass is 584 g/mol. The number of hydrogen-bond donors (Lipinski definition) is 2. The summed E-state index contributed by atoms with van der Waals surface area (Å²) < 4.78 is 54.6. The minimum Gasteiger partial charge on any atom is -0.491 e. The molecule has 10 nitrogen and oxygen atoms in total. The molecule has 0 bridgehead atoms. The summed E-state index contributed by atoms with van der Waals surface area (Å²) in [5, 5.41) is 6.32. The summed E-state index contributed by atoms with van der Waals surface area (Å²) in [7, 11) is 3.45. The van der Waals surface area contributed by atoms with Crippen molar-refractivity contribution in [2.45, 2.75) is 37.9 Å². The van der Waals surface area contributed by atoms with E-state index in [4.69, 9.17) is 9.47 Å². The normalized spacial score (nSPS) is 21.8. The van der Waals surface area contributed by atoms with Crippen molar-refractivity contribution in [3.05, 3.63) is 66.2 Å². The SMILES string of the molecule is C=CC(=O)N[C@H]1CCC(C2C=CC=C2)C[C@H]1Nc1ncc2c(n1)N(C)C(=O)N(c1c(F)c(OC)c(F)c(OC)c1F)C2. The molecule has 3 atom stereocenters. The third-order valence-corrected chi connectivity index (χ3v) is 7.94. The molecule has 1 aliphatic heterocycles. The number of nitrogens with zero attached hydrogens (tertiary/aromatic N) is 4. The van der Waals surface area contributed by atoms with Crippen LogP contribution in [0.2, 0.25) is 0 Å². The molecule has 13 heteroatoms. The largest absolute Gasteiger partial charge is 0.491 e. The predicted octanol–water partition coefficient (Wildman–Crippen LogP) is 4.48. The maximum atomic E-state index is 15.2. The molecule has 42 heavy (non-hydrogen) atoms. The van der Waals surface area contributed by atoms with Gasteiger partial charge in [0, 0.05) is 30.9 Å². The predicted molar refractivity (Wildman–Crippen MR) is 150 cm³/mol. The number of hydrogen-bond acceptors (Lipinski definition) is 7. The molecule has 0 spiro atoms. The van der Waals surface area contributed by atoms with E-state index in [2.05, 4.69) is 39.3 Å². The number of amides is 3. The van der Waals surface area contributed by atoms with Crippen LogP contribution in [0.25, 0.3) is 0 Å². The van der Waals surface area contributed by atoms with Gasteiger partial charge in [-0.15, -0.1) is 0 Å². The van der Waals surface area contributed by atoms with Crippen LogP contribution in [0, 0.1) is 29.3 Å². The highest BCUT2D eigenvalue weighted by Gasteiger charge is 2.39. The van der Waals surface area contributed by atoms with Crippen molar-refractivity contribution in [2.24, 2.45) is 11.8 Å². The summed E-state index contributed by atoms with van der Waals surface area (Å²) in [5.41, 5.74) is -0.429. The number of aromatic nitrogens is 2. The second kappa shape index (κ2) is 11.7. The van der Waals surface area contributed by atoms with E-state index < -0.39 is 40.7 Å². The smallest absolute Gasteiger partial charge is 0.330 e. The fraction of sp³-hybridized carbons (Fsp3) is 0.379. The number of anilines is 3. The number of allylic oxidation sites excluding steroid dienone is 4. The molecule has 2 aromatic rings. The van der Waals surface area contributed by atoms with Gasteiger partial charge >= 0.3 is 6.03 Å². The maximum Gasteiger partial charge on any atom is 0.330 e. The maximum absolute atomic E-state index is 15.2. The lowest BCUT2D eigenvalue weighted by atomic mass is 9.76. The van der Waals surface area contributed by atoms with Crippen LogP contribution in [-0.4, -0.2) is 55.3 Å². The fourth-order valence-corrected chi connectivity index (χ4v) is 5.81. The van der Waals surface area contributed by atoms with E-state index in [1.165, 1.54) is 19.3 Å². The summed E-state index contributed by atoms with van der Waals surface area (Å²) in [6, 6.07) is -1.23. The van der Waals surface area contributed by atoms with Gasteiger partial charge in [-0.05, 0) is 37.2 Å². The molecule has 1 aromatic carbocycles. The lowest BCUT2D eigenvalue weighted by molar-refractivity contribution is -0.117. The first-order valence-electron chi connectivity index (χ1n) is 13.4. The van der Waals surface area contributed by atoms with Crippen molar-refractivity contribution >= 4 is 29.4 Å². The number of fused-ring (bicyclic) bond motifs is 1.